The predicted molar refractivity (Wildman–Crippen MR) is 114 cm³/mol. The van der Waals surface area contributed by atoms with E-state index in [0.29, 0.717) is 17.2 Å². The SMILES string of the molecule is COc1ccc(N2C[C@@H](C(=O)OCC(=O)N[C@@H](C)c3ccccc3)CC2=O)c(OC)c1. The van der Waals surface area contributed by atoms with Crippen LogP contribution in [0.15, 0.2) is 48.5 Å². The summed E-state index contributed by atoms with van der Waals surface area (Å²) in [4.78, 5) is 38.6. The van der Waals surface area contributed by atoms with E-state index in [-0.39, 0.29) is 24.9 Å². The molecule has 0 bridgehead atoms. The minimum atomic E-state index is -0.654. The molecular weight excluding hydrogens is 400 g/mol. The number of hydrogen-bond donors (Lipinski definition) is 1. The lowest BCUT2D eigenvalue weighted by Gasteiger charge is -2.20. The number of methoxy groups -OCH3 is 2. The number of nitrogens with zero attached hydrogens (tertiary/aromatic N) is 1. The molecule has 2 aromatic carbocycles. The first kappa shape index (κ1) is 22.1. The van der Waals surface area contributed by atoms with Gasteiger partial charge in [0.05, 0.1) is 31.9 Å². The molecule has 1 aliphatic rings. The second-order valence-corrected chi connectivity index (χ2v) is 7.25. The summed E-state index contributed by atoms with van der Waals surface area (Å²) in [6, 6.07) is 14.4. The van der Waals surface area contributed by atoms with E-state index in [2.05, 4.69) is 5.32 Å². The van der Waals surface area contributed by atoms with Gasteiger partial charge in [0.1, 0.15) is 11.5 Å². The van der Waals surface area contributed by atoms with Gasteiger partial charge in [0.2, 0.25) is 5.91 Å². The summed E-state index contributed by atoms with van der Waals surface area (Å²) in [5.41, 5.74) is 1.51. The summed E-state index contributed by atoms with van der Waals surface area (Å²) >= 11 is 0. The quantitative estimate of drug-likeness (QED) is 0.652. The van der Waals surface area contributed by atoms with E-state index in [9.17, 15) is 14.4 Å². The Morgan fingerprint density at radius 1 is 1.13 bits per heavy atom. The van der Waals surface area contributed by atoms with E-state index in [0.717, 1.165) is 5.56 Å². The highest BCUT2D eigenvalue weighted by Gasteiger charge is 2.37. The Bertz CT molecular complexity index is 946. The predicted octanol–water partition coefficient (Wildman–Crippen LogP) is 2.48. The van der Waals surface area contributed by atoms with E-state index in [4.69, 9.17) is 14.2 Å². The van der Waals surface area contributed by atoms with Crippen LogP contribution in [0.2, 0.25) is 0 Å². The first-order valence-electron chi connectivity index (χ1n) is 9.96. The molecule has 2 amide bonds. The largest absolute Gasteiger partial charge is 0.497 e. The summed E-state index contributed by atoms with van der Waals surface area (Å²) < 4.78 is 15.7. The Labute approximate surface area is 181 Å². The van der Waals surface area contributed by atoms with E-state index in [1.54, 1.807) is 18.2 Å². The van der Waals surface area contributed by atoms with Crippen molar-refractivity contribution < 1.29 is 28.6 Å². The van der Waals surface area contributed by atoms with Gasteiger partial charge in [-0.3, -0.25) is 14.4 Å². The van der Waals surface area contributed by atoms with E-state index in [1.165, 1.54) is 19.1 Å². The third kappa shape index (κ3) is 5.33. The summed E-state index contributed by atoms with van der Waals surface area (Å²) in [6.45, 7) is 1.61. The van der Waals surface area contributed by atoms with Crippen LogP contribution in [0, 0.1) is 5.92 Å². The summed E-state index contributed by atoms with van der Waals surface area (Å²) in [6.07, 6.45) is 0.00997. The van der Waals surface area contributed by atoms with Gasteiger partial charge in [0.15, 0.2) is 6.61 Å². The topological polar surface area (TPSA) is 94.2 Å². The minimum absolute atomic E-state index is 0.00997. The number of benzene rings is 2. The highest BCUT2D eigenvalue weighted by molar-refractivity contribution is 6.00. The second kappa shape index (κ2) is 9.97. The van der Waals surface area contributed by atoms with Crippen LogP contribution in [0.1, 0.15) is 24.9 Å². The maximum atomic E-state index is 12.5. The van der Waals surface area contributed by atoms with Gasteiger partial charge in [-0.15, -0.1) is 0 Å². The van der Waals surface area contributed by atoms with Crippen molar-refractivity contribution in [3.8, 4) is 11.5 Å². The lowest BCUT2D eigenvalue weighted by atomic mass is 10.1. The van der Waals surface area contributed by atoms with Crippen LogP contribution in [0.4, 0.5) is 5.69 Å². The van der Waals surface area contributed by atoms with Crippen LogP contribution in [0.25, 0.3) is 0 Å². The van der Waals surface area contributed by atoms with Gasteiger partial charge in [0, 0.05) is 19.0 Å². The van der Waals surface area contributed by atoms with Crippen LogP contribution in [0.5, 0.6) is 11.5 Å². The van der Waals surface area contributed by atoms with Gasteiger partial charge in [-0.1, -0.05) is 30.3 Å². The van der Waals surface area contributed by atoms with Crippen LogP contribution in [-0.2, 0) is 19.1 Å². The summed E-state index contributed by atoms with van der Waals surface area (Å²) in [5, 5.41) is 2.79. The number of carbonyl (C=O) groups is 3. The van der Waals surface area contributed by atoms with Gasteiger partial charge in [-0.05, 0) is 24.6 Å². The number of amides is 2. The maximum absolute atomic E-state index is 12.5. The first-order valence-corrected chi connectivity index (χ1v) is 9.96. The van der Waals surface area contributed by atoms with Crippen LogP contribution in [-0.4, -0.2) is 45.2 Å². The van der Waals surface area contributed by atoms with Gasteiger partial charge >= 0.3 is 5.97 Å². The van der Waals surface area contributed by atoms with Crippen molar-refractivity contribution in [2.45, 2.75) is 19.4 Å². The molecule has 8 nitrogen and oxygen atoms in total. The van der Waals surface area contributed by atoms with Crippen molar-refractivity contribution in [1.29, 1.82) is 0 Å². The lowest BCUT2D eigenvalue weighted by Crippen LogP contribution is -2.32. The lowest BCUT2D eigenvalue weighted by molar-refractivity contribution is -0.152. The molecule has 2 atom stereocenters. The molecule has 0 saturated carbocycles. The fraction of sp³-hybridized carbons (Fsp3) is 0.348. The highest BCUT2D eigenvalue weighted by atomic mass is 16.5. The zero-order valence-electron chi connectivity index (χ0n) is 17.8. The average molecular weight is 426 g/mol. The zero-order chi connectivity index (χ0) is 22.4. The molecule has 0 spiro atoms. The maximum Gasteiger partial charge on any atom is 0.311 e. The zero-order valence-corrected chi connectivity index (χ0v) is 17.8. The number of carbonyl (C=O) groups excluding carboxylic acids is 3. The molecule has 0 aliphatic carbocycles. The third-order valence-corrected chi connectivity index (χ3v) is 5.16. The molecule has 3 rings (SSSR count). The molecule has 1 heterocycles. The number of nitrogens with one attached hydrogen (secondary N) is 1. The van der Waals surface area contributed by atoms with Crippen molar-refractivity contribution in [3.05, 3.63) is 54.1 Å². The third-order valence-electron chi connectivity index (χ3n) is 5.16. The summed E-state index contributed by atoms with van der Waals surface area (Å²) in [5.74, 6) is -0.783. The Kier molecular flexibility index (Phi) is 7.12. The van der Waals surface area contributed by atoms with Crippen LogP contribution < -0.4 is 19.7 Å². The molecule has 1 fully saturated rings. The Morgan fingerprint density at radius 3 is 2.55 bits per heavy atom. The molecule has 2 aromatic rings. The number of rotatable bonds is 8. The molecule has 0 aromatic heterocycles. The number of anilines is 1. The second-order valence-electron chi connectivity index (χ2n) is 7.25. The molecule has 8 heteroatoms. The van der Waals surface area contributed by atoms with E-state index in [1.807, 2.05) is 37.3 Å². The first-order chi connectivity index (χ1) is 14.9. The van der Waals surface area contributed by atoms with Gasteiger partial charge < -0.3 is 24.4 Å². The molecule has 164 valence electrons. The molecule has 0 radical (unpaired) electrons. The van der Waals surface area contributed by atoms with Crippen LogP contribution >= 0.6 is 0 Å². The fourth-order valence-electron chi connectivity index (χ4n) is 3.47. The molecule has 31 heavy (non-hydrogen) atoms. The number of ether oxygens (including phenoxy) is 3. The van der Waals surface area contributed by atoms with Crippen molar-refractivity contribution >= 4 is 23.5 Å². The number of hydrogen-bond acceptors (Lipinski definition) is 6. The Balaban J connectivity index is 1.55. The van der Waals surface area contributed by atoms with Crippen molar-refractivity contribution in [1.82, 2.24) is 5.32 Å². The van der Waals surface area contributed by atoms with Gasteiger partial charge in [0.25, 0.3) is 5.91 Å². The minimum Gasteiger partial charge on any atom is -0.497 e. The van der Waals surface area contributed by atoms with Gasteiger partial charge in [-0.25, -0.2) is 0 Å². The van der Waals surface area contributed by atoms with Crippen molar-refractivity contribution in [2.24, 2.45) is 5.92 Å². The molecule has 1 aliphatic heterocycles. The Morgan fingerprint density at radius 2 is 1.87 bits per heavy atom. The number of esters is 1. The highest BCUT2D eigenvalue weighted by Crippen LogP contribution is 2.36. The van der Waals surface area contributed by atoms with Gasteiger partial charge in [-0.2, -0.15) is 0 Å². The van der Waals surface area contributed by atoms with E-state index < -0.39 is 24.4 Å². The standard InChI is InChI=1S/C23H26N2O6/c1-15(16-7-5-4-6-8-16)24-21(26)14-31-23(28)17-11-22(27)25(13-17)19-10-9-18(29-2)12-20(19)30-3/h4-10,12,15,17H,11,13-14H2,1-3H3,(H,24,26)/t15-,17-/m0/s1. The smallest absolute Gasteiger partial charge is 0.311 e. The molecule has 1 saturated heterocycles. The average Bonchev–Trinajstić information content (AvgIpc) is 3.18. The molecule has 1 N–H and O–H groups in total. The normalized spacial score (nSPS) is 16.5. The molecule has 0 unspecified atom stereocenters. The van der Waals surface area contributed by atoms with Crippen molar-refractivity contribution in [3.63, 3.8) is 0 Å². The van der Waals surface area contributed by atoms with Crippen LogP contribution in [0.3, 0.4) is 0 Å². The van der Waals surface area contributed by atoms with Crippen molar-refractivity contribution in [2.75, 3.05) is 32.3 Å². The summed E-state index contributed by atoms with van der Waals surface area (Å²) in [7, 11) is 3.04. The Hall–Kier alpha value is -3.55. The molecular formula is C23H26N2O6. The van der Waals surface area contributed by atoms with E-state index >= 15 is 0 Å². The fourth-order valence-corrected chi connectivity index (χ4v) is 3.47. The monoisotopic (exact) mass is 426 g/mol.